The van der Waals surface area contributed by atoms with Crippen molar-refractivity contribution in [2.75, 3.05) is 22.8 Å². The van der Waals surface area contributed by atoms with Gasteiger partial charge in [-0.3, -0.25) is 13.9 Å². The lowest BCUT2D eigenvalue weighted by atomic mass is 10.1. The van der Waals surface area contributed by atoms with E-state index in [1.165, 1.54) is 31.2 Å². The van der Waals surface area contributed by atoms with Crippen molar-refractivity contribution < 1.29 is 22.7 Å². The van der Waals surface area contributed by atoms with Gasteiger partial charge in [-0.25, -0.2) is 13.8 Å². The van der Waals surface area contributed by atoms with E-state index in [4.69, 9.17) is 16.3 Å². The molecule has 0 atom stereocenters. The number of ether oxygens (including phenoxy) is 1. The SMILES string of the molecule is CCOc1ccccc1N(CC(=O)N/N=C(/C)c1ccc(NC(C)=O)cc1)S(=O)(=O)c1ccc(Cl)cc1. The van der Waals surface area contributed by atoms with E-state index in [2.05, 4.69) is 15.8 Å². The number of rotatable bonds is 10. The summed E-state index contributed by atoms with van der Waals surface area (Å²) < 4.78 is 33.8. The quantitative estimate of drug-likeness (QED) is 0.290. The lowest BCUT2D eigenvalue weighted by Crippen LogP contribution is -2.40. The Morgan fingerprint density at radius 1 is 0.973 bits per heavy atom. The lowest BCUT2D eigenvalue weighted by Gasteiger charge is -2.25. The first-order valence-corrected chi connectivity index (χ1v) is 13.1. The second-order valence-corrected chi connectivity index (χ2v) is 10.2. The van der Waals surface area contributed by atoms with Crippen LogP contribution < -0.4 is 19.8 Å². The van der Waals surface area contributed by atoms with Crippen molar-refractivity contribution in [3.63, 3.8) is 0 Å². The molecule has 0 saturated carbocycles. The van der Waals surface area contributed by atoms with Crippen molar-refractivity contribution in [1.82, 2.24) is 5.43 Å². The molecule has 2 amide bonds. The third-order valence-electron chi connectivity index (χ3n) is 5.09. The van der Waals surface area contributed by atoms with Gasteiger partial charge >= 0.3 is 0 Å². The fraction of sp³-hybridized carbons (Fsp3) is 0.192. The number of hydrogen-bond acceptors (Lipinski definition) is 6. The fourth-order valence-corrected chi connectivity index (χ4v) is 4.91. The number of carbonyl (C=O) groups is 2. The van der Waals surface area contributed by atoms with Gasteiger partial charge in [-0.05, 0) is 67.9 Å². The summed E-state index contributed by atoms with van der Waals surface area (Å²) in [7, 11) is -4.16. The Morgan fingerprint density at radius 3 is 2.24 bits per heavy atom. The van der Waals surface area contributed by atoms with Gasteiger partial charge in [0.1, 0.15) is 12.3 Å². The molecule has 9 nitrogen and oxygen atoms in total. The molecule has 0 fully saturated rings. The number of halogens is 1. The maximum Gasteiger partial charge on any atom is 0.264 e. The topological polar surface area (TPSA) is 117 Å². The Labute approximate surface area is 221 Å². The van der Waals surface area contributed by atoms with Crippen LogP contribution in [-0.2, 0) is 19.6 Å². The van der Waals surface area contributed by atoms with Gasteiger partial charge in [0.25, 0.3) is 15.9 Å². The van der Waals surface area contributed by atoms with Gasteiger partial charge in [0.05, 0.1) is 22.9 Å². The normalized spacial score (nSPS) is 11.5. The van der Waals surface area contributed by atoms with Crippen LogP contribution in [0.5, 0.6) is 5.75 Å². The summed E-state index contributed by atoms with van der Waals surface area (Å²) in [6, 6.07) is 19.2. The summed E-state index contributed by atoms with van der Waals surface area (Å²) in [5.41, 5.74) is 4.46. The molecule has 0 unspecified atom stereocenters. The maximum absolute atomic E-state index is 13.6. The van der Waals surface area contributed by atoms with Gasteiger partial charge < -0.3 is 10.1 Å². The molecule has 0 aromatic heterocycles. The highest BCUT2D eigenvalue weighted by atomic mass is 35.5. The molecule has 0 aliphatic heterocycles. The van der Waals surface area contributed by atoms with Crippen LogP contribution in [0.1, 0.15) is 26.3 Å². The van der Waals surface area contributed by atoms with Gasteiger partial charge in [0.2, 0.25) is 5.91 Å². The molecule has 0 radical (unpaired) electrons. The summed E-state index contributed by atoms with van der Waals surface area (Å²) in [5, 5.41) is 7.17. The smallest absolute Gasteiger partial charge is 0.264 e. The summed E-state index contributed by atoms with van der Waals surface area (Å²) in [6.07, 6.45) is 0. The van der Waals surface area contributed by atoms with Crippen molar-refractivity contribution in [2.45, 2.75) is 25.7 Å². The van der Waals surface area contributed by atoms with Crippen molar-refractivity contribution >= 4 is 50.5 Å². The zero-order chi connectivity index (χ0) is 27.0. The van der Waals surface area contributed by atoms with Crippen LogP contribution in [0.3, 0.4) is 0 Å². The third kappa shape index (κ3) is 7.31. The number of hydrazone groups is 1. The minimum absolute atomic E-state index is 0.0325. The number of para-hydroxylation sites is 2. The van der Waals surface area contributed by atoms with E-state index in [1.807, 2.05) is 0 Å². The van der Waals surface area contributed by atoms with Gasteiger partial charge in [0, 0.05) is 17.6 Å². The highest BCUT2D eigenvalue weighted by molar-refractivity contribution is 7.92. The number of amides is 2. The van der Waals surface area contributed by atoms with Gasteiger partial charge in [-0.1, -0.05) is 35.9 Å². The van der Waals surface area contributed by atoms with Crippen molar-refractivity contribution in [2.24, 2.45) is 5.10 Å². The first-order chi connectivity index (χ1) is 17.6. The molecule has 3 rings (SSSR count). The van der Waals surface area contributed by atoms with E-state index in [1.54, 1.807) is 62.4 Å². The zero-order valence-electron chi connectivity index (χ0n) is 20.6. The van der Waals surface area contributed by atoms with E-state index in [0.29, 0.717) is 34.3 Å². The minimum Gasteiger partial charge on any atom is -0.492 e. The zero-order valence-corrected chi connectivity index (χ0v) is 22.1. The van der Waals surface area contributed by atoms with Gasteiger partial charge in [-0.2, -0.15) is 5.10 Å². The summed E-state index contributed by atoms with van der Waals surface area (Å²) in [5.74, 6) is -0.526. The van der Waals surface area contributed by atoms with E-state index < -0.39 is 22.5 Å². The molecule has 3 aromatic carbocycles. The van der Waals surface area contributed by atoms with Crippen molar-refractivity contribution in [3.8, 4) is 5.75 Å². The Bertz CT molecular complexity index is 1390. The number of carbonyl (C=O) groups excluding carboxylic acids is 2. The molecule has 0 heterocycles. The average Bonchev–Trinajstić information content (AvgIpc) is 2.87. The molecule has 0 spiro atoms. The first kappa shape index (κ1) is 27.7. The van der Waals surface area contributed by atoms with Crippen molar-refractivity contribution in [3.05, 3.63) is 83.4 Å². The average molecular weight is 543 g/mol. The summed E-state index contributed by atoms with van der Waals surface area (Å²) >= 11 is 5.94. The Hall–Kier alpha value is -3.89. The highest BCUT2D eigenvalue weighted by Gasteiger charge is 2.29. The number of sulfonamides is 1. The van der Waals surface area contributed by atoms with Crippen LogP contribution in [0.15, 0.2) is 82.8 Å². The summed E-state index contributed by atoms with van der Waals surface area (Å²) in [6.45, 7) is 4.65. The molecule has 0 saturated heterocycles. The Morgan fingerprint density at radius 2 is 1.62 bits per heavy atom. The molecule has 194 valence electrons. The number of benzene rings is 3. The standard InChI is InChI=1S/C26H27ClN4O5S/c1-4-36-25-8-6-5-7-24(25)31(37(34,35)23-15-11-21(27)12-16-23)17-26(33)30-29-18(2)20-9-13-22(14-10-20)28-19(3)32/h5-16H,4,17H2,1-3H3,(H,28,32)(H,30,33)/b29-18-. The highest BCUT2D eigenvalue weighted by Crippen LogP contribution is 2.32. The van der Waals surface area contributed by atoms with Crippen LogP contribution in [0.2, 0.25) is 5.02 Å². The number of nitrogens with zero attached hydrogens (tertiary/aromatic N) is 2. The lowest BCUT2D eigenvalue weighted by molar-refractivity contribution is -0.119. The number of anilines is 2. The van der Waals surface area contributed by atoms with E-state index >= 15 is 0 Å². The number of nitrogens with one attached hydrogen (secondary N) is 2. The van der Waals surface area contributed by atoms with Crippen LogP contribution >= 0.6 is 11.6 Å². The predicted molar refractivity (Wildman–Crippen MR) is 145 cm³/mol. The van der Waals surface area contributed by atoms with E-state index in [-0.39, 0.29) is 16.5 Å². The third-order valence-corrected chi connectivity index (χ3v) is 7.12. The fourth-order valence-electron chi connectivity index (χ4n) is 3.35. The van der Waals surface area contributed by atoms with Crippen LogP contribution in [0.4, 0.5) is 11.4 Å². The second kappa shape index (κ2) is 12.4. The molecule has 2 N–H and O–H groups in total. The molecule has 0 bridgehead atoms. The van der Waals surface area contributed by atoms with Gasteiger partial charge in [-0.15, -0.1) is 0 Å². The molecule has 37 heavy (non-hydrogen) atoms. The van der Waals surface area contributed by atoms with E-state index in [9.17, 15) is 18.0 Å². The van der Waals surface area contributed by atoms with Crippen LogP contribution in [-0.4, -0.2) is 39.1 Å². The molecule has 3 aromatic rings. The minimum atomic E-state index is -4.16. The molecule has 0 aliphatic rings. The largest absolute Gasteiger partial charge is 0.492 e. The van der Waals surface area contributed by atoms with Crippen LogP contribution in [0, 0.1) is 0 Å². The Balaban J connectivity index is 1.87. The molecular formula is C26H27ClN4O5S. The van der Waals surface area contributed by atoms with Crippen LogP contribution in [0.25, 0.3) is 0 Å². The second-order valence-electron chi connectivity index (χ2n) is 7.86. The maximum atomic E-state index is 13.6. The van der Waals surface area contributed by atoms with Crippen molar-refractivity contribution in [1.29, 1.82) is 0 Å². The molecular weight excluding hydrogens is 516 g/mol. The van der Waals surface area contributed by atoms with Gasteiger partial charge in [0.15, 0.2) is 0 Å². The Kier molecular flexibility index (Phi) is 9.26. The molecule has 0 aliphatic carbocycles. The first-order valence-electron chi connectivity index (χ1n) is 11.3. The predicted octanol–water partition coefficient (Wildman–Crippen LogP) is 4.43. The molecule has 11 heteroatoms. The number of hydrogen-bond donors (Lipinski definition) is 2. The van der Waals surface area contributed by atoms with E-state index in [0.717, 1.165) is 4.31 Å². The summed E-state index contributed by atoms with van der Waals surface area (Å²) in [4.78, 5) is 24.1. The monoisotopic (exact) mass is 542 g/mol.